The lowest BCUT2D eigenvalue weighted by Crippen LogP contribution is -2.39. The van der Waals surface area contributed by atoms with Crippen molar-refractivity contribution in [2.75, 3.05) is 26.7 Å². The first kappa shape index (κ1) is 14.5. The second-order valence-electron chi connectivity index (χ2n) is 4.64. The number of hydrogen-bond acceptors (Lipinski definition) is 3. The minimum Gasteiger partial charge on any atom is -0.341 e. The summed E-state index contributed by atoms with van der Waals surface area (Å²) in [5, 5.41) is 3.38. The van der Waals surface area contributed by atoms with Gasteiger partial charge < -0.3 is 10.2 Å². The molecular weight excluding hydrogens is 380 g/mol. The largest absolute Gasteiger partial charge is 0.341 e. The summed E-state index contributed by atoms with van der Waals surface area (Å²) >= 11 is 8.38. The topological polar surface area (TPSA) is 32.3 Å². The third kappa shape index (κ3) is 3.56. The third-order valence-electron chi connectivity index (χ3n) is 3.16. The molecule has 18 heavy (non-hydrogen) atoms. The first-order chi connectivity index (χ1) is 8.58. The average molecular weight is 396 g/mol. The van der Waals surface area contributed by atoms with E-state index in [0.29, 0.717) is 5.92 Å². The van der Waals surface area contributed by atoms with Crippen LogP contribution in [0.3, 0.4) is 0 Å². The number of hydrogen-bond donors (Lipinski definition) is 1. The Hall–Kier alpha value is 0.0900. The Morgan fingerprint density at radius 1 is 1.61 bits per heavy atom. The van der Waals surface area contributed by atoms with Crippen molar-refractivity contribution in [2.45, 2.75) is 12.8 Å². The Bertz CT molecular complexity index is 430. The molecule has 1 N–H and O–H groups in total. The molecule has 0 radical (unpaired) electrons. The summed E-state index contributed by atoms with van der Waals surface area (Å²) in [7, 11) is 1.88. The predicted octanol–water partition coefficient (Wildman–Crippen LogP) is 3.34. The van der Waals surface area contributed by atoms with Crippen LogP contribution in [-0.4, -0.2) is 37.5 Å². The summed E-state index contributed by atoms with van der Waals surface area (Å²) < 4.78 is 1.87. The second kappa shape index (κ2) is 6.50. The maximum absolute atomic E-state index is 12.3. The molecule has 1 aliphatic heterocycles. The van der Waals surface area contributed by atoms with E-state index in [1.165, 1.54) is 24.2 Å². The standard InChI is InChI=1S/C12H16Br2N2OS/c1-16(7-8-3-2-4-15-6-8)12(17)9-5-10(13)18-11(9)14/h5,8,15H,2-4,6-7H2,1H3. The van der Waals surface area contributed by atoms with Crippen molar-refractivity contribution in [1.29, 1.82) is 0 Å². The minimum atomic E-state index is 0.0920. The van der Waals surface area contributed by atoms with Crippen molar-refractivity contribution in [3.8, 4) is 0 Å². The fraction of sp³-hybridized carbons (Fsp3) is 0.583. The van der Waals surface area contributed by atoms with Crippen molar-refractivity contribution < 1.29 is 4.79 Å². The number of rotatable bonds is 3. The molecule has 1 aromatic heterocycles. The minimum absolute atomic E-state index is 0.0920. The lowest BCUT2D eigenvalue weighted by molar-refractivity contribution is 0.0764. The van der Waals surface area contributed by atoms with Crippen LogP contribution < -0.4 is 5.32 Å². The highest BCUT2D eigenvalue weighted by molar-refractivity contribution is 9.12. The Morgan fingerprint density at radius 3 is 2.94 bits per heavy atom. The molecule has 1 aromatic rings. The summed E-state index contributed by atoms with van der Waals surface area (Å²) in [5.74, 6) is 0.669. The number of thiophene rings is 1. The molecular formula is C12H16Br2N2OS. The van der Waals surface area contributed by atoms with Gasteiger partial charge in [0.15, 0.2) is 0 Å². The summed E-state index contributed by atoms with van der Waals surface area (Å²) in [6.07, 6.45) is 2.42. The Balaban J connectivity index is 1.97. The van der Waals surface area contributed by atoms with Crippen LogP contribution in [0.1, 0.15) is 23.2 Å². The molecule has 2 rings (SSSR count). The SMILES string of the molecule is CN(CC1CCCNC1)C(=O)c1cc(Br)sc1Br. The molecule has 3 nitrogen and oxygen atoms in total. The fourth-order valence-corrected chi connectivity index (χ4v) is 5.02. The second-order valence-corrected chi connectivity index (χ2v) is 8.39. The number of nitrogens with one attached hydrogen (secondary N) is 1. The molecule has 1 aliphatic rings. The van der Waals surface area contributed by atoms with E-state index in [9.17, 15) is 4.79 Å². The van der Waals surface area contributed by atoms with Crippen molar-refractivity contribution >= 4 is 49.1 Å². The van der Waals surface area contributed by atoms with Gasteiger partial charge in [0, 0.05) is 13.6 Å². The van der Waals surface area contributed by atoms with Gasteiger partial charge in [-0.1, -0.05) is 0 Å². The molecule has 2 heterocycles. The number of amides is 1. The Kier molecular flexibility index (Phi) is 5.24. The van der Waals surface area contributed by atoms with Crippen LogP contribution in [-0.2, 0) is 0 Å². The Morgan fingerprint density at radius 2 is 2.39 bits per heavy atom. The number of halogens is 2. The molecule has 0 saturated carbocycles. The first-order valence-corrected chi connectivity index (χ1v) is 8.39. The van der Waals surface area contributed by atoms with Crippen LogP contribution in [0, 0.1) is 5.92 Å². The molecule has 1 atom stereocenters. The first-order valence-electron chi connectivity index (χ1n) is 5.99. The van der Waals surface area contributed by atoms with E-state index >= 15 is 0 Å². The monoisotopic (exact) mass is 394 g/mol. The lowest BCUT2D eigenvalue weighted by atomic mass is 9.99. The van der Waals surface area contributed by atoms with Gasteiger partial charge in [0.2, 0.25) is 0 Å². The summed E-state index contributed by atoms with van der Waals surface area (Å²) in [5.41, 5.74) is 0.748. The van der Waals surface area contributed by atoms with Gasteiger partial charge in [0.05, 0.1) is 13.1 Å². The predicted molar refractivity (Wildman–Crippen MR) is 82.3 cm³/mol. The highest BCUT2D eigenvalue weighted by atomic mass is 79.9. The van der Waals surface area contributed by atoms with Crippen molar-refractivity contribution in [3.05, 3.63) is 19.2 Å². The maximum atomic E-state index is 12.3. The smallest absolute Gasteiger partial charge is 0.255 e. The average Bonchev–Trinajstić information content (AvgIpc) is 2.68. The van der Waals surface area contributed by atoms with Gasteiger partial charge >= 0.3 is 0 Å². The van der Waals surface area contributed by atoms with E-state index in [2.05, 4.69) is 37.2 Å². The molecule has 100 valence electrons. The molecule has 6 heteroatoms. The zero-order valence-electron chi connectivity index (χ0n) is 10.2. The maximum Gasteiger partial charge on any atom is 0.255 e. The van der Waals surface area contributed by atoms with E-state index in [1.54, 1.807) is 0 Å². The van der Waals surface area contributed by atoms with Crippen LogP contribution >= 0.6 is 43.2 Å². The lowest BCUT2D eigenvalue weighted by Gasteiger charge is -2.27. The van der Waals surface area contributed by atoms with Gasteiger partial charge in [-0.2, -0.15) is 0 Å². The summed E-state index contributed by atoms with van der Waals surface area (Å²) in [6, 6.07) is 1.88. The molecule has 0 spiro atoms. The van der Waals surface area contributed by atoms with E-state index in [-0.39, 0.29) is 5.91 Å². The van der Waals surface area contributed by atoms with Crippen LogP contribution in [0.2, 0.25) is 0 Å². The normalized spacial score (nSPS) is 19.8. The van der Waals surface area contributed by atoms with Gasteiger partial charge in [-0.05, 0) is 69.8 Å². The van der Waals surface area contributed by atoms with Gasteiger partial charge in [0.25, 0.3) is 5.91 Å². The van der Waals surface area contributed by atoms with Crippen molar-refractivity contribution in [2.24, 2.45) is 5.92 Å². The van der Waals surface area contributed by atoms with Crippen molar-refractivity contribution in [3.63, 3.8) is 0 Å². The van der Waals surface area contributed by atoms with Gasteiger partial charge in [-0.3, -0.25) is 4.79 Å². The summed E-state index contributed by atoms with van der Waals surface area (Å²) in [4.78, 5) is 14.1. The zero-order chi connectivity index (χ0) is 13.1. The third-order valence-corrected chi connectivity index (χ3v) is 5.50. The molecule has 0 aliphatic carbocycles. The van der Waals surface area contributed by atoms with Gasteiger partial charge in [-0.15, -0.1) is 11.3 Å². The molecule has 1 fully saturated rings. The van der Waals surface area contributed by atoms with Crippen LogP contribution in [0.15, 0.2) is 13.6 Å². The van der Waals surface area contributed by atoms with E-state index in [4.69, 9.17) is 0 Å². The number of piperidine rings is 1. The molecule has 1 saturated heterocycles. The molecule has 0 aromatic carbocycles. The van der Waals surface area contributed by atoms with Crippen LogP contribution in [0.4, 0.5) is 0 Å². The van der Waals surface area contributed by atoms with Crippen LogP contribution in [0.25, 0.3) is 0 Å². The number of nitrogens with zero attached hydrogens (tertiary/aromatic N) is 1. The highest BCUT2D eigenvalue weighted by Gasteiger charge is 2.21. The molecule has 0 bridgehead atoms. The number of carbonyl (C=O) groups excluding carboxylic acids is 1. The quantitative estimate of drug-likeness (QED) is 0.850. The van der Waals surface area contributed by atoms with Gasteiger partial charge in [0.1, 0.15) is 0 Å². The van der Waals surface area contributed by atoms with E-state index in [0.717, 1.165) is 32.8 Å². The number of carbonyl (C=O) groups is 1. The van der Waals surface area contributed by atoms with E-state index in [1.807, 2.05) is 18.0 Å². The highest BCUT2D eigenvalue weighted by Crippen LogP contribution is 2.32. The van der Waals surface area contributed by atoms with Crippen molar-refractivity contribution in [1.82, 2.24) is 10.2 Å². The Labute approximate surface area is 128 Å². The van der Waals surface area contributed by atoms with Crippen LogP contribution in [0.5, 0.6) is 0 Å². The molecule has 1 unspecified atom stereocenters. The fourth-order valence-electron chi connectivity index (χ4n) is 2.24. The van der Waals surface area contributed by atoms with E-state index < -0.39 is 0 Å². The van der Waals surface area contributed by atoms with Gasteiger partial charge in [-0.25, -0.2) is 0 Å². The zero-order valence-corrected chi connectivity index (χ0v) is 14.2. The molecule has 1 amide bonds. The summed E-state index contributed by atoms with van der Waals surface area (Å²) in [6.45, 7) is 2.95.